The molecule has 0 saturated heterocycles. The summed E-state index contributed by atoms with van der Waals surface area (Å²) >= 11 is 6.00. The summed E-state index contributed by atoms with van der Waals surface area (Å²) < 4.78 is 0. The molecule has 1 amide bonds. The Bertz CT molecular complexity index is 616. The van der Waals surface area contributed by atoms with Gasteiger partial charge in [-0.1, -0.05) is 29.8 Å². The van der Waals surface area contributed by atoms with E-state index in [9.17, 15) is 4.79 Å². The Labute approximate surface area is 123 Å². The number of amides is 1. The summed E-state index contributed by atoms with van der Waals surface area (Å²) in [5, 5.41) is 3.30. The van der Waals surface area contributed by atoms with E-state index in [4.69, 9.17) is 17.3 Å². The minimum Gasteiger partial charge on any atom is -0.399 e. The third-order valence-corrected chi connectivity index (χ3v) is 3.17. The second-order valence-corrected chi connectivity index (χ2v) is 4.89. The minimum absolute atomic E-state index is 0.136. The van der Waals surface area contributed by atoms with Crippen LogP contribution < -0.4 is 16.0 Å². The number of nitrogen functional groups attached to an aromatic ring is 1. The van der Waals surface area contributed by atoms with Crippen LogP contribution in [0.3, 0.4) is 0 Å². The maximum atomic E-state index is 12.0. The Morgan fingerprint density at radius 1 is 1.25 bits per heavy atom. The van der Waals surface area contributed by atoms with Crippen LogP contribution in [0, 0.1) is 0 Å². The van der Waals surface area contributed by atoms with Gasteiger partial charge in [0, 0.05) is 18.4 Å². The van der Waals surface area contributed by atoms with Crippen LogP contribution >= 0.6 is 11.6 Å². The Hall–Kier alpha value is -2.20. The lowest BCUT2D eigenvalue weighted by Crippen LogP contribution is -2.30. The number of nitrogens with two attached hydrogens (primary N) is 1. The Morgan fingerprint density at radius 2 is 2.00 bits per heavy atom. The van der Waals surface area contributed by atoms with E-state index in [1.165, 1.54) is 0 Å². The molecular weight excluding hydrogens is 274 g/mol. The van der Waals surface area contributed by atoms with Gasteiger partial charge in [-0.3, -0.25) is 4.79 Å². The maximum absolute atomic E-state index is 12.0. The predicted octanol–water partition coefficient (Wildman–Crippen LogP) is 3.00. The molecular formula is C15H16ClN3O. The summed E-state index contributed by atoms with van der Waals surface area (Å²) in [6, 6.07) is 14.5. The van der Waals surface area contributed by atoms with Crippen LogP contribution in [-0.4, -0.2) is 19.5 Å². The number of rotatable bonds is 4. The molecule has 0 aliphatic heterocycles. The normalized spacial score (nSPS) is 10.1. The van der Waals surface area contributed by atoms with Crippen molar-refractivity contribution in [3.05, 3.63) is 53.6 Å². The van der Waals surface area contributed by atoms with E-state index in [2.05, 4.69) is 5.32 Å². The fourth-order valence-electron chi connectivity index (χ4n) is 1.82. The number of anilines is 3. The van der Waals surface area contributed by atoms with E-state index < -0.39 is 0 Å². The van der Waals surface area contributed by atoms with Crippen LogP contribution in [0.15, 0.2) is 48.5 Å². The molecule has 0 unspecified atom stereocenters. The molecule has 3 N–H and O–H groups in total. The number of halogens is 1. The predicted molar refractivity (Wildman–Crippen MR) is 84.2 cm³/mol. The van der Waals surface area contributed by atoms with Crippen molar-refractivity contribution in [2.24, 2.45) is 0 Å². The standard InChI is InChI=1S/C15H16ClN3O/c1-19(12-6-4-5-11(17)9-12)10-15(20)18-14-8-3-2-7-13(14)16/h2-9H,10,17H2,1H3,(H,18,20). The summed E-state index contributed by atoms with van der Waals surface area (Å²) in [7, 11) is 1.83. The largest absolute Gasteiger partial charge is 0.399 e. The fraction of sp³-hybridized carbons (Fsp3) is 0.133. The number of likely N-dealkylation sites (N-methyl/N-ethyl adjacent to an activating group) is 1. The molecule has 2 aromatic carbocycles. The van der Waals surface area contributed by atoms with Crippen molar-refractivity contribution in [3.63, 3.8) is 0 Å². The van der Waals surface area contributed by atoms with Crippen LogP contribution in [-0.2, 0) is 4.79 Å². The average molecular weight is 290 g/mol. The van der Waals surface area contributed by atoms with Crippen LogP contribution in [0.2, 0.25) is 5.02 Å². The van der Waals surface area contributed by atoms with E-state index >= 15 is 0 Å². The van der Waals surface area contributed by atoms with Crippen molar-refractivity contribution < 1.29 is 4.79 Å². The van der Waals surface area contributed by atoms with Crippen molar-refractivity contribution >= 4 is 34.6 Å². The monoisotopic (exact) mass is 289 g/mol. The Kier molecular flexibility index (Phi) is 4.48. The quantitative estimate of drug-likeness (QED) is 0.851. The first-order valence-corrected chi connectivity index (χ1v) is 6.55. The number of nitrogens with one attached hydrogen (secondary N) is 1. The molecule has 20 heavy (non-hydrogen) atoms. The lowest BCUT2D eigenvalue weighted by Gasteiger charge is -2.19. The first-order valence-electron chi connectivity index (χ1n) is 6.17. The number of carbonyl (C=O) groups is 1. The van der Waals surface area contributed by atoms with Crippen LogP contribution in [0.1, 0.15) is 0 Å². The van der Waals surface area contributed by atoms with E-state index in [0.29, 0.717) is 16.4 Å². The highest BCUT2D eigenvalue weighted by Crippen LogP contribution is 2.21. The molecule has 104 valence electrons. The fourth-order valence-corrected chi connectivity index (χ4v) is 2.00. The van der Waals surface area contributed by atoms with Crippen LogP contribution in [0.5, 0.6) is 0 Å². The average Bonchev–Trinajstić information content (AvgIpc) is 2.41. The van der Waals surface area contributed by atoms with E-state index in [1.807, 2.05) is 42.3 Å². The number of hydrogen-bond acceptors (Lipinski definition) is 3. The highest BCUT2D eigenvalue weighted by atomic mass is 35.5. The molecule has 0 saturated carbocycles. The van der Waals surface area contributed by atoms with Gasteiger partial charge in [-0.05, 0) is 30.3 Å². The smallest absolute Gasteiger partial charge is 0.243 e. The molecule has 2 aromatic rings. The molecule has 0 heterocycles. The van der Waals surface area contributed by atoms with Gasteiger partial charge in [-0.25, -0.2) is 0 Å². The lowest BCUT2D eigenvalue weighted by atomic mass is 10.2. The van der Waals surface area contributed by atoms with Gasteiger partial charge in [0.15, 0.2) is 0 Å². The molecule has 0 bridgehead atoms. The van der Waals surface area contributed by atoms with Crippen molar-refractivity contribution in [3.8, 4) is 0 Å². The second-order valence-electron chi connectivity index (χ2n) is 4.48. The van der Waals surface area contributed by atoms with Crippen molar-refractivity contribution in [2.45, 2.75) is 0 Å². The van der Waals surface area contributed by atoms with E-state index in [-0.39, 0.29) is 12.5 Å². The molecule has 0 aliphatic rings. The number of hydrogen-bond donors (Lipinski definition) is 2. The zero-order chi connectivity index (χ0) is 14.5. The summed E-state index contributed by atoms with van der Waals surface area (Å²) in [6.45, 7) is 0.217. The van der Waals surface area contributed by atoms with Crippen LogP contribution in [0.4, 0.5) is 17.1 Å². The maximum Gasteiger partial charge on any atom is 0.243 e. The zero-order valence-corrected chi connectivity index (χ0v) is 11.9. The van der Waals surface area contributed by atoms with E-state index in [1.54, 1.807) is 18.2 Å². The van der Waals surface area contributed by atoms with Crippen molar-refractivity contribution in [1.29, 1.82) is 0 Å². The number of para-hydroxylation sites is 1. The van der Waals surface area contributed by atoms with Crippen molar-refractivity contribution in [1.82, 2.24) is 0 Å². The number of benzene rings is 2. The topological polar surface area (TPSA) is 58.4 Å². The molecule has 0 spiro atoms. The van der Waals surface area contributed by atoms with Gasteiger partial charge in [-0.2, -0.15) is 0 Å². The molecule has 5 heteroatoms. The van der Waals surface area contributed by atoms with Crippen LogP contribution in [0.25, 0.3) is 0 Å². The van der Waals surface area contributed by atoms with Crippen molar-refractivity contribution in [2.75, 3.05) is 29.5 Å². The Balaban J connectivity index is 2.00. The summed E-state index contributed by atoms with van der Waals surface area (Å²) in [5.74, 6) is -0.136. The van der Waals surface area contributed by atoms with Gasteiger partial charge < -0.3 is 16.0 Å². The lowest BCUT2D eigenvalue weighted by molar-refractivity contribution is -0.114. The van der Waals surface area contributed by atoms with Gasteiger partial charge in [0.1, 0.15) is 0 Å². The third-order valence-electron chi connectivity index (χ3n) is 2.84. The molecule has 0 radical (unpaired) electrons. The summed E-state index contributed by atoms with van der Waals surface area (Å²) in [4.78, 5) is 13.8. The molecule has 4 nitrogen and oxygen atoms in total. The first kappa shape index (κ1) is 14.2. The molecule has 0 aromatic heterocycles. The SMILES string of the molecule is CN(CC(=O)Nc1ccccc1Cl)c1cccc(N)c1. The Morgan fingerprint density at radius 3 is 2.70 bits per heavy atom. The third kappa shape index (κ3) is 3.65. The minimum atomic E-state index is -0.136. The highest BCUT2D eigenvalue weighted by Gasteiger charge is 2.09. The molecule has 0 fully saturated rings. The zero-order valence-electron chi connectivity index (χ0n) is 11.1. The van der Waals surface area contributed by atoms with Gasteiger partial charge in [0.05, 0.1) is 17.3 Å². The molecule has 0 aliphatic carbocycles. The number of nitrogens with zero attached hydrogens (tertiary/aromatic N) is 1. The molecule has 0 atom stereocenters. The van der Waals surface area contributed by atoms with E-state index in [0.717, 1.165) is 5.69 Å². The van der Waals surface area contributed by atoms with Gasteiger partial charge >= 0.3 is 0 Å². The van der Waals surface area contributed by atoms with Gasteiger partial charge in [0.2, 0.25) is 5.91 Å². The first-order chi connectivity index (χ1) is 9.56. The summed E-state index contributed by atoms with van der Waals surface area (Å²) in [5.41, 5.74) is 7.89. The van der Waals surface area contributed by atoms with Gasteiger partial charge in [-0.15, -0.1) is 0 Å². The number of carbonyl (C=O) groups excluding carboxylic acids is 1. The highest BCUT2D eigenvalue weighted by molar-refractivity contribution is 6.33. The molecule has 2 rings (SSSR count). The summed E-state index contributed by atoms with van der Waals surface area (Å²) in [6.07, 6.45) is 0. The second kappa shape index (κ2) is 6.30. The van der Waals surface area contributed by atoms with Gasteiger partial charge in [0.25, 0.3) is 0 Å².